The zero-order valence-electron chi connectivity index (χ0n) is 7.78. The van der Waals surface area contributed by atoms with Crippen LogP contribution in [0, 0.1) is 5.82 Å². The van der Waals surface area contributed by atoms with E-state index < -0.39 is 0 Å². The fraction of sp³-hybridized carbons (Fsp3) is 0.200. The summed E-state index contributed by atoms with van der Waals surface area (Å²) in [5.74, 6) is 0.342. The first-order chi connectivity index (χ1) is 7.29. The van der Waals surface area contributed by atoms with Gasteiger partial charge >= 0.3 is 0 Å². The third-order valence-electron chi connectivity index (χ3n) is 2.03. The lowest BCUT2D eigenvalue weighted by molar-refractivity contribution is 0.411. The zero-order valence-corrected chi connectivity index (χ0v) is 9.37. The highest BCUT2D eigenvalue weighted by Crippen LogP contribution is 2.15. The predicted molar refractivity (Wildman–Crippen MR) is 56.1 cm³/mol. The molecule has 1 aromatic carbocycles. The van der Waals surface area contributed by atoms with Crippen LogP contribution in [0.1, 0.15) is 17.0 Å². The number of benzene rings is 1. The van der Waals surface area contributed by atoms with E-state index in [-0.39, 0.29) is 5.82 Å². The minimum absolute atomic E-state index is 0.215. The Morgan fingerprint density at radius 1 is 1.40 bits per heavy atom. The number of alkyl halides is 1. The molecule has 0 fully saturated rings. The Morgan fingerprint density at radius 3 is 2.87 bits per heavy atom. The maximum atomic E-state index is 13.4. The molecule has 78 valence electrons. The second-order valence-electron chi connectivity index (χ2n) is 3.08. The van der Waals surface area contributed by atoms with Crippen molar-refractivity contribution in [1.82, 2.24) is 10.1 Å². The highest BCUT2D eigenvalue weighted by atomic mass is 79.9. The Labute approximate surface area is 94.4 Å². The number of rotatable bonds is 3. The SMILES string of the molecule is Fc1cc(Cc2ncon2)ccc1CBr. The quantitative estimate of drug-likeness (QED) is 0.805. The summed E-state index contributed by atoms with van der Waals surface area (Å²) in [5, 5.41) is 4.18. The molecular weight excluding hydrogens is 263 g/mol. The fourth-order valence-corrected chi connectivity index (χ4v) is 1.72. The van der Waals surface area contributed by atoms with Gasteiger partial charge in [0, 0.05) is 11.8 Å². The zero-order chi connectivity index (χ0) is 10.7. The molecule has 0 aliphatic carbocycles. The maximum absolute atomic E-state index is 13.4. The molecule has 15 heavy (non-hydrogen) atoms. The second-order valence-corrected chi connectivity index (χ2v) is 3.64. The normalized spacial score (nSPS) is 10.5. The molecule has 0 saturated carbocycles. The minimum atomic E-state index is -0.215. The molecule has 0 amide bonds. The summed E-state index contributed by atoms with van der Waals surface area (Å²) >= 11 is 3.21. The van der Waals surface area contributed by atoms with E-state index in [0.29, 0.717) is 23.1 Å². The lowest BCUT2D eigenvalue weighted by Crippen LogP contribution is -1.93. The van der Waals surface area contributed by atoms with Crippen molar-refractivity contribution in [3.63, 3.8) is 0 Å². The van der Waals surface area contributed by atoms with Crippen molar-refractivity contribution in [3.8, 4) is 0 Å². The van der Waals surface area contributed by atoms with Crippen LogP contribution in [0.4, 0.5) is 4.39 Å². The first kappa shape index (κ1) is 10.3. The Kier molecular flexibility index (Phi) is 3.11. The van der Waals surface area contributed by atoms with Crippen LogP contribution < -0.4 is 0 Å². The summed E-state index contributed by atoms with van der Waals surface area (Å²) in [6, 6.07) is 5.10. The summed E-state index contributed by atoms with van der Waals surface area (Å²) in [7, 11) is 0. The molecule has 0 aliphatic rings. The van der Waals surface area contributed by atoms with E-state index in [9.17, 15) is 4.39 Å². The van der Waals surface area contributed by atoms with Crippen molar-refractivity contribution in [2.45, 2.75) is 11.8 Å². The summed E-state index contributed by atoms with van der Waals surface area (Å²) in [4.78, 5) is 3.87. The molecule has 2 aromatic rings. The van der Waals surface area contributed by atoms with Gasteiger partial charge < -0.3 is 4.52 Å². The Bertz CT molecular complexity index is 445. The van der Waals surface area contributed by atoms with Gasteiger partial charge in [0.05, 0.1) is 0 Å². The summed E-state index contributed by atoms with van der Waals surface area (Å²) in [5.41, 5.74) is 1.48. The van der Waals surface area contributed by atoms with Crippen LogP contribution in [0.3, 0.4) is 0 Å². The number of aromatic nitrogens is 2. The van der Waals surface area contributed by atoms with E-state index in [1.165, 1.54) is 12.5 Å². The van der Waals surface area contributed by atoms with Crippen LogP contribution in [0.5, 0.6) is 0 Å². The minimum Gasteiger partial charge on any atom is -0.343 e. The second kappa shape index (κ2) is 4.53. The molecule has 0 saturated heterocycles. The van der Waals surface area contributed by atoms with Crippen LogP contribution in [0.15, 0.2) is 29.1 Å². The predicted octanol–water partition coefficient (Wildman–Crippen LogP) is 2.69. The average Bonchev–Trinajstić information content (AvgIpc) is 2.71. The van der Waals surface area contributed by atoms with E-state index in [2.05, 4.69) is 30.6 Å². The van der Waals surface area contributed by atoms with Crippen molar-refractivity contribution in [1.29, 1.82) is 0 Å². The number of halogens is 2. The van der Waals surface area contributed by atoms with Gasteiger partial charge in [-0.25, -0.2) is 4.39 Å². The van der Waals surface area contributed by atoms with Gasteiger partial charge in [-0.3, -0.25) is 0 Å². The molecule has 0 atom stereocenters. The molecule has 0 unspecified atom stereocenters. The maximum Gasteiger partial charge on any atom is 0.213 e. The molecule has 0 bridgehead atoms. The van der Waals surface area contributed by atoms with E-state index >= 15 is 0 Å². The summed E-state index contributed by atoms with van der Waals surface area (Å²) in [6.07, 6.45) is 1.74. The third kappa shape index (κ3) is 2.41. The summed E-state index contributed by atoms with van der Waals surface area (Å²) < 4.78 is 18.0. The Hall–Kier alpha value is -1.23. The lowest BCUT2D eigenvalue weighted by Gasteiger charge is -2.01. The standard InChI is InChI=1S/C10H8BrFN2O/c11-5-8-2-1-7(3-9(8)12)4-10-13-6-15-14-10/h1-3,6H,4-5H2. The Balaban J connectivity index is 2.20. The van der Waals surface area contributed by atoms with Crippen LogP contribution in [0.25, 0.3) is 0 Å². The monoisotopic (exact) mass is 270 g/mol. The molecule has 0 N–H and O–H groups in total. The van der Waals surface area contributed by atoms with Gasteiger partial charge in [0.1, 0.15) is 5.82 Å². The fourth-order valence-electron chi connectivity index (χ4n) is 1.26. The number of nitrogens with zero attached hydrogens (tertiary/aromatic N) is 2. The highest BCUT2D eigenvalue weighted by Gasteiger charge is 2.05. The summed E-state index contributed by atoms with van der Waals surface area (Å²) in [6.45, 7) is 0. The van der Waals surface area contributed by atoms with E-state index in [1.807, 2.05) is 6.07 Å². The molecule has 1 aromatic heterocycles. The first-order valence-corrected chi connectivity index (χ1v) is 5.50. The lowest BCUT2D eigenvalue weighted by atomic mass is 10.1. The van der Waals surface area contributed by atoms with Crippen molar-refractivity contribution >= 4 is 15.9 Å². The third-order valence-corrected chi connectivity index (χ3v) is 2.63. The van der Waals surface area contributed by atoms with Gasteiger partial charge in [-0.1, -0.05) is 33.2 Å². The molecule has 0 radical (unpaired) electrons. The van der Waals surface area contributed by atoms with Gasteiger partial charge in [-0.15, -0.1) is 0 Å². The van der Waals surface area contributed by atoms with Crippen LogP contribution >= 0.6 is 15.9 Å². The molecule has 5 heteroatoms. The molecule has 0 aliphatic heterocycles. The van der Waals surface area contributed by atoms with Crippen molar-refractivity contribution in [2.75, 3.05) is 0 Å². The van der Waals surface area contributed by atoms with Crippen molar-refractivity contribution in [3.05, 3.63) is 47.4 Å². The van der Waals surface area contributed by atoms with E-state index in [1.54, 1.807) is 6.07 Å². The van der Waals surface area contributed by atoms with Gasteiger partial charge in [0.15, 0.2) is 5.82 Å². The van der Waals surface area contributed by atoms with Gasteiger partial charge in [0.2, 0.25) is 6.39 Å². The molecule has 3 nitrogen and oxygen atoms in total. The molecule has 0 spiro atoms. The Morgan fingerprint density at radius 2 is 2.27 bits per heavy atom. The van der Waals surface area contributed by atoms with Crippen LogP contribution in [-0.4, -0.2) is 10.1 Å². The number of hydrogen-bond donors (Lipinski definition) is 0. The van der Waals surface area contributed by atoms with Gasteiger partial charge in [-0.2, -0.15) is 4.98 Å². The highest BCUT2D eigenvalue weighted by molar-refractivity contribution is 9.08. The van der Waals surface area contributed by atoms with Crippen molar-refractivity contribution in [2.24, 2.45) is 0 Å². The largest absolute Gasteiger partial charge is 0.343 e. The van der Waals surface area contributed by atoms with Crippen molar-refractivity contribution < 1.29 is 8.91 Å². The van der Waals surface area contributed by atoms with Gasteiger partial charge in [-0.05, 0) is 17.2 Å². The first-order valence-electron chi connectivity index (χ1n) is 4.38. The topological polar surface area (TPSA) is 38.9 Å². The van der Waals surface area contributed by atoms with Gasteiger partial charge in [0.25, 0.3) is 0 Å². The molecule has 1 heterocycles. The van der Waals surface area contributed by atoms with Crippen LogP contribution in [0.2, 0.25) is 0 Å². The average molecular weight is 271 g/mol. The smallest absolute Gasteiger partial charge is 0.213 e. The van der Waals surface area contributed by atoms with E-state index in [4.69, 9.17) is 0 Å². The molecular formula is C10H8BrFN2O. The molecule has 2 rings (SSSR count). The van der Waals surface area contributed by atoms with Crippen LogP contribution in [-0.2, 0) is 11.8 Å². The van der Waals surface area contributed by atoms with E-state index in [0.717, 1.165) is 5.56 Å². The number of hydrogen-bond acceptors (Lipinski definition) is 3.